The molecule has 0 unspecified atom stereocenters. The summed E-state index contributed by atoms with van der Waals surface area (Å²) in [5.41, 5.74) is 1.96. The Bertz CT molecular complexity index is 850. The summed E-state index contributed by atoms with van der Waals surface area (Å²) in [5, 5.41) is 8.81. The molecule has 0 saturated carbocycles. The molecule has 1 saturated heterocycles. The number of anilines is 2. The molecule has 1 aromatic heterocycles. The van der Waals surface area contributed by atoms with Crippen molar-refractivity contribution in [2.75, 3.05) is 32.7 Å². The Kier molecular flexibility index (Phi) is 6.44. The summed E-state index contributed by atoms with van der Waals surface area (Å²) in [6.07, 6.45) is 4.65. The Morgan fingerprint density at radius 1 is 1.11 bits per heavy atom. The Morgan fingerprint density at radius 3 is 2.61 bits per heavy atom. The van der Waals surface area contributed by atoms with Crippen LogP contribution in [0.2, 0.25) is 0 Å². The van der Waals surface area contributed by atoms with E-state index in [2.05, 4.69) is 20.9 Å². The molecule has 2 amide bonds. The zero-order valence-electron chi connectivity index (χ0n) is 16.0. The number of amides is 2. The van der Waals surface area contributed by atoms with Crippen LogP contribution in [-0.2, 0) is 4.74 Å². The van der Waals surface area contributed by atoms with E-state index < -0.39 is 0 Å². The number of nitrogens with zero attached hydrogens (tertiary/aromatic N) is 1. The summed E-state index contributed by atoms with van der Waals surface area (Å²) >= 11 is 0. The molecule has 0 atom stereocenters. The number of benzene rings is 1. The molecule has 8 nitrogen and oxygen atoms in total. The van der Waals surface area contributed by atoms with Gasteiger partial charge in [0.15, 0.2) is 5.75 Å². The fourth-order valence-electron chi connectivity index (χ4n) is 3.10. The van der Waals surface area contributed by atoms with Crippen molar-refractivity contribution in [2.24, 2.45) is 0 Å². The number of carbonyl (C=O) groups excluding carboxylic acids is 2. The monoisotopic (exact) mass is 384 g/mol. The van der Waals surface area contributed by atoms with Gasteiger partial charge in [-0.3, -0.25) is 14.6 Å². The summed E-state index contributed by atoms with van der Waals surface area (Å²) in [4.78, 5) is 28.9. The number of hydrogen-bond acceptors (Lipinski definition) is 6. The first kappa shape index (κ1) is 19.6. The van der Waals surface area contributed by atoms with E-state index in [1.807, 2.05) is 0 Å². The minimum absolute atomic E-state index is 0.0858. The molecule has 0 aliphatic carbocycles. The average Bonchev–Trinajstić information content (AvgIpc) is 2.74. The summed E-state index contributed by atoms with van der Waals surface area (Å²) < 4.78 is 10.9. The van der Waals surface area contributed by atoms with Gasteiger partial charge in [0.2, 0.25) is 0 Å². The van der Waals surface area contributed by atoms with Crippen LogP contribution in [0.15, 0.2) is 36.7 Å². The first-order chi connectivity index (χ1) is 13.6. The van der Waals surface area contributed by atoms with Crippen molar-refractivity contribution in [2.45, 2.75) is 18.9 Å². The zero-order valence-corrected chi connectivity index (χ0v) is 16.0. The number of pyridine rings is 1. The number of methoxy groups -OCH3 is 1. The van der Waals surface area contributed by atoms with Gasteiger partial charge in [-0.05, 0) is 31.0 Å². The first-order valence-electron chi connectivity index (χ1n) is 9.12. The van der Waals surface area contributed by atoms with Gasteiger partial charge >= 0.3 is 0 Å². The van der Waals surface area contributed by atoms with E-state index in [9.17, 15) is 9.59 Å². The number of carbonyl (C=O) groups is 2. The average molecular weight is 384 g/mol. The minimum Gasteiger partial charge on any atom is -0.494 e. The van der Waals surface area contributed by atoms with Gasteiger partial charge in [-0.15, -0.1) is 0 Å². The van der Waals surface area contributed by atoms with Crippen LogP contribution in [0.3, 0.4) is 0 Å². The molecule has 1 aliphatic heterocycles. The van der Waals surface area contributed by atoms with E-state index in [0.29, 0.717) is 41.5 Å². The Balaban J connectivity index is 1.86. The third-order valence-electron chi connectivity index (χ3n) is 4.58. The molecule has 3 N–H and O–H groups in total. The third-order valence-corrected chi connectivity index (χ3v) is 4.58. The van der Waals surface area contributed by atoms with Crippen molar-refractivity contribution in [3.63, 3.8) is 0 Å². The third kappa shape index (κ3) is 4.40. The van der Waals surface area contributed by atoms with Gasteiger partial charge in [-0.1, -0.05) is 6.07 Å². The number of hydrogen-bond donors (Lipinski definition) is 3. The number of ether oxygens (including phenoxy) is 2. The normalized spacial score (nSPS) is 14.2. The largest absolute Gasteiger partial charge is 0.494 e. The molecule has 1 aromatic carbocycles. The highest BCUT2D eigenvalue weighted by Crippen LogP contribution is 2.32. The lowest BCUT2D eigenvalue weighted by atomic mass is 10.1. The standard InChI is InChI=1S/C20H24N4O4/c1-21-19(25)15-12-22-9-6-16(15)24-17-5-3-4-14(18(17)27-2)20(26)23-13-7-10-28-11-8-13/h3-6,9,12-13H,7-8,10-11H2,1-2H3,(H,21,25)(H,22,24)(H,23,26). The van der Waals surface area contributed by atoms with E-state index in [0.717, 1.165) is 12.8 Å². The molecule has 1 aliphatic rings. The van der Waals surface area contributed by atoms with Crippen LogP contribution in [0.25, 0.3) is 0 Å². The summed E-state index contributed by atoms with van der Waals surface area (Å²) in [6.45, 7) is 1.29. The number of nitrogens with one attached hydrogen (secondary N) is 3. The quantitative estimate of drug-likeness (QED) is 0.705. The lowest BCUT2D eigenvalue weighted by molar-refractivity contribution is 0.0695. The second-order valence-electron chi connectivity index (χ2n) is 6.37. The summed E-state index contributed by atoms with van der Waals surface area (Å²) in [6, 6.07) is 7.05. The predicted molar refractivity (Wildman–Crippen MR) is 105 cm³/mol. The zero-order chi connectivity index (χ0) is 19.9. The number of rotatable bonds is 6. The van der Waals surface area contributed by atoms with Crippen LogP contribution in [-0.4, -0.2) is 50.2 Å². The van der Waals surface area contributed by atoms with E-state index >= 15 is 0 Å². The maximum Gasteiger partial charge on any atom is 0.255 e. The molecule has 2 aromatic rings. The smallest absolute Gasteiger partial charge is 0.255 e. The Morgan fingerprint density at radius 2 is 1.89 bits per heavy atom. The lowest BCUT2D eigenvalue weighted by Crippen LogP contribution is -2.39. The van der Waals surface area contributed by atoms with E-state index in [1.165, 1.54) is 13.3 Å². The SMILES string of the molecule is CNC(=O)c1cnccc1Nc1cccc(C(=O)NC2CCOCC2)c1OC. The fraction of sp³-hybridized carbons (Fsp3) is 0.350. The summed E-state index contributed by atoms with van der Waals surface area (Å²) in [5.74, 6) is -0.0524. The van der Waals surface area contributed by atoms with Crippen LogP contribution in [0, 0.1) is 0 Å². The topological polar surface area (TPSA) is 102 Å². The van der Waals surface area contributed by atoms with Crippen molar-refractivity contribution < 1.29 is 19.1 Å². The van der Waals surface area contributed by atoms with Crippen LogP contribution >= 0.6 is 0 Å². The molecule has 0 spiro atoms. The molecule has 0 radical (unpaired) electrons. The van der Waals surface area contributed by atoms with Gasteiger partial charge in [0.1, 0.15) is 0 Å². The molecule has 0 bridgehead atoms. The van der Waals surface area contributed by atoms with E-state index in [1.54, 1.807) is 37.5 Å². The Labute approximate surface area is 163 Å². The fourth-order valence-corrected chi connectivity index (χ4v) is 3.10. The maximum atomic E-state index is 12.8. The molecule has 1 fully saturated rings. The van der Waals surface area contributed by atoms with Gasteiger partial charge in [0, 0.05) is 38.7 Å². The van der Waals surface area contributed by atoms with Crippen molar-refractivity contribution in [3.05, 3.63) is 47.8 Å². The molecule has 28 heavy (non-hydrogen) atoms. The van der Waals surface area contributed by atoms with E-state index in [4.69, 9.17) is 9.47 Å². The number of aromatic nitrogens is 1. The van der Waals surface area contributed by atoms with Gasteiger partial charge in [0.05, 0.1) is 29.6 Å². The van der Waals surface area contributed by atoms with Crippen molar-refractivity contribution in [3.8, 4) is 5.75 Å². The Hall–Kier alpha value is -3.13. The number of para-hydroxylation sites is 1. The second-order valence-corrected chi connectivity index (χ2v) is 6.37. The van der Waals surface area contributed by atoms with Crippen LogP contribution in [0.1, 0.15) is 33.6 Å². The molecular formula is C20H24N4O4. The molecule has 3 rings (SSSR count). The van der Waals surface area contributed by atoms with Crippen LogP contribution < -0.4 is 20.7 Å². The van der Waals surface area contributed by atoms with Crippen molar-refractivity contribution in [1.29, 1.82) is 0 Å². The van der Waals surface area contributed by atoms with Crippen molar-refractivity contribution >= 4 is 23.2 Å². The van der Waals surface area contributed by atoms with Gasteiger partial charge in [-0.25, -0.2) is 0 Å². The van der Waals surface area contributed by atoms with Crippen molar-refractivity contribution in [1.82, 2.24) is 15.6 Å². The maximum absolute atomic E-state index is 12.8. The first-order valence-corrected chi connectivity index (χ1v) is 9.12. The molecular weight excluding hydrogens is 360 g/mol. The van der Waals surface area contributed by atoms with Crippen LogP contribution in [0.4, 0.5) is 11.4 Å². The summed E-state index contributed by atoms with van der Waals surface area (Å²) in [7, 11) is 3.07. The highest BCUT2D eigenvalue weighted by molar-refractivity contribution is 6.01. The van der Waals surface area contributed by atoms with Crippen LogP contribution in [0.5, 0.6) is 5.75 Å². The van der Waals surface area contributed by atoms with Gasteiger partial charge in [-0.2, -0.15) is 0 Å². The lowest BCUT2D eigenvalue weighted by Gasteiger charge is -2.24. The van der Waals surface area contributed by atoms with E-state index in [-0.39, 0.29) is 17.9 Å². The molecule has 148 valence electrons. The van der Waals surface area contributed by atoms with Gasteiger partial charge < -0.3 is 25.4 Å². The molecule has 8 heteroatoms. The highest BCUT2D eigenvalue weighted by atomic mass is 16.5. The second kappa shape index (κ2) is 9.18. The molecule has 2 heterocycles. The van der Waals surface area contributed by atoms with Gasteiger partial charge in [0.25, 0.3) is 11.8 Å². The highest BCUT2D eigenvalue weighted by Gasteiger charge is 2.21. The minimum atomic E-state index is -0.261. The predicted octanol–water partition coefficient (Wildman–Crippen LogP) is 2.10.